The van der Waals surface area contributed by atoms with Gasteiger partial charge in [-0.25, -0.2) is 8.42 Å². The van der Waals surface area contributed by atoms with Crippen LogP contribution in [0.5, 0.6) is 0 Å². The molecular formula is C10H17NO3S. The third-order valence-electron chi connectivity index (χ3n) is 3.16. The zero-order valence-electron chi connectivity index (χ0n) is 8.76. The largest absolute Gasteiger partial charge is 0.302 e. The SMILES string of the molecule is O=CC1CCCCN1S(=O)(=O)CC1CC1. The second-order valence-corrected chi connectivity index (χ2v) is 6.50. The van der Waals surface area contributed by atoms with Gasteiger partial charge in [-0.2, -0.15) is 4.31 Å². The van der Waals surface area contributed by atoms with E-state index in [0.29, 0.717) is 18.9 Å². The first kappa shape index (κ1) is 11.1. The zero-order valence-corrected chi connectivity index (χ0v) is 9.58. The molecular weight excluding hydrogens is 214 g/mol. The normalized spacial score (nSPS) is 28.9. The van der Waals surface area contributed by atoms with Gasteiger partial charge >= 0.3 is 0 Å². The Bertz CT molecular complexity index is 335. The number of hydrogen-bond acceptors (Lipinski definition) is 3. The Kier molecular flexibility index (Phi) is 3.11. The predicted octanol–water partition coefficient (Wildman–Crippen LogP) is 0.780. The molecule has 0 aromatic carbocycles. The molecule has 0 N–H and O–H groups in total. The Balaban J connectivity index is 2.07. The lowest BCUT2D eigenvalue weighted by atomic mass is 10.1. The Labute approximate surface area is 90.7 Å². The number of carbonyl (C=O) groups excluding carboxylic acids is 1. The van der Waals surface area contributed by atoms with E-state index in [2.05, 4.69) is 0 Å². The Morgan fingerprint density at radius 3 is 2.53 bits per heavy atom. The van der Waals surface area contributed by atoms with Gasteiger partial charge in [-0.15, -0.1) is 0 Å². The van der Waals surface area contributed by atoms with Crippen LogP contribution >= 0.6 is 0 Å². The monoisotopic (exact) mass is 231 g/mol. The number of nitrogens with zero attached hydrogens (tertiary/aromatic N) is 1. The van der Waals surface area contributed by atoms with E-state index in [4.69, 9.17) is 0 Å². The van der Waals surface area contributed by atoms with Gasteiger partial charge < -0.3 is 4.79 Å². The van der Waals surface area contributed by atoms with Gasteiger partial charge in [0.15, 0.2) is 0 Å². The maximum absolute atomic E-state index is 12.0. The third-order valence-corrected chi connectivity index (χ3v) is 5.22. The highest BCUT2D eigenvalue weighted by Crippen LogP contribution is 2.32. The van der Waals surface area contributed by atoms with Crippen LogP contribution in [0.4, 0.5) is 0 Å². The summed E-state index contributed by atoms with van der Waals surface area (Å²) in [6.07, 6.45) is 5.36. The van der Waals surface area contributed by atoms with E-state index < -0.39 is 16.1 Å². The first-order valence-corrected chi connectivity index (χ1v) is 7.19. The van der Waals surface area contributed by atoms with Crippen LogP contribution in [0.1, 0.15) is 32.1 Å². The first-order valence-electron chi connectivity index (χ1n) is 5.58. The van der Waals surface area contributed by atoms with Gasteiger partial charge in [-0.05, 0) is 31.6 Å². The van der Waals surface area contributed by atoms with E-state index in [9.17, 15) is 13.2 Å². The summed E-state index contributed by atoms with van der Waals surface area (Å²) in [5.74, 6) is 0.598. The molecule has 0 spiro atoms. The number of hydrogen-bond donors (Lipinski definition) is 0. The standard InChI is InChI=1S/C10H17NO3S/c12-7-10-3-1-2-6-11(10)15(13,14)8-9-4-5-9/h7,9-10H,1-6,8H2. The molecule has 2 aliphatic rings. The number of piperidine rings is 1. The summed E-state index contributed by atoms with van der Waals surface area (Å²) >= 11 is 0. The quantitative estimate of drug-likeness (QED) is 0.672. The lowest BCUT2D eigenvalue weighted by molar-refractivity contribution is -0.111. The van der Waals surface area contributed by atoms with Crippen LogP contribution < -0.4 is 0 Å². The van der Waals surface area contributed by atoms with Gasteiger partial charge in [0.05, 0.1) is 11.8 Å². The van der Waals surface area contributed by atoms with Crippen molar-refractivity contribution >= 4 is 16.3 Å². The van der Waals surface area contributed by atoms with Crippen molar-refractivity contribution in [1.29, 1.82) is 0 Å². The summed E-state index contributed by atoms with van der Waals surface area (Å²) < 4.78 is 25.4. The Morgan fingerprint density at radius 1 is 1.20 bits per heavy atom. The van der Waals surface area contributed by atoms with Crippen LogP contribution in [0.3, 0.4) is 0 Å². The van der Waals surface area contributed by atoms with E-state index in [1.165, 1.54) is 4.31 Å². The molecule has 86 valence electrons. The number of rotatable bonds is 4. The average Bonchev–Trinajstić information content (AvgIpc) is 3.01. The Hall–Kier alpha value is -0.420. The van der Waals surface area contributed by atoms with Crippen molar-refractivity contribution in [3.05, 3.63) is 0 Å². The summed E-state index contributed by atoms with van der Waals surface area (Å²) in [5.41, 5.74) is 0. The van der Waals surface area contributed by atoms with Gasteiger partial charge in [0.1, 0.15) is 6.29 Å². The minimum atomic E-state index is -3.18. The summed E-state index contributed by atoms with van der Waals surface area (Å²) in [6, 6.07) is -0.400. The Morgan fingerprint density at radius 2 is 1.93 bits per heavy atom. The summed E-state index contributed by atoms with van der Waals surface area (Å²) in [5, 5.41) is 0. The fourth-order valence-corrected chi connectivity index (χ4v) is 4.19. The van der Waals surface area contributed by atoms with Crippen molar-refractivity contribution in [3.63, 3.8) is 0 Å². The molecule has 1 saturated heterocycles. The van der Waals surface area contributed by atoms with E-state index in [0.717, 1.165) is 32.0 Å². The average molecular weight is 231 g/mol. The van der Waals surface area contributed by atoms with Crippen molar-refractivity contribution < 1.29 is 13.2 Å². The molecule has 1 aliphatic heterocycles. The minimum absolute atomic E-state index is 0.247. The fourth-order valence-electron chi connectivity index (χ4n) is 2.09. The van der Waals surface area contributed by atoms with Crippen LogP contribution in [0.25, 0.3) is 0 Å². The second-order valence-electron chi connectivity index (χ2n) is 4.53. The molecule has 1 unspecified atom stereocenters. The van der Waals surface area contributed by atoms with Crippen LogP contribution in [0.2, 0.25) is 0 Å². The van der Waals surface area contributed by atoms with Gasteiger partial charge in [-0.3, -0.25) is 0 Å². The molecule has 1 heterocycles. The predicted molar refractivity (Wildman–Crippen MR) is 56.9 cm³/mol. The van der Waals surface area contributed by atoms with E-state index in [1.54, 1.807) is 0 Å². The summed E-state index contributed by atoms with van der Waals surface area (Å²) in [6.45, 7) is 0.526. The van der Waals surface area contributed by atoms with Crippen LogP contribution in [0, 0.1) is 5.92 Å². The number of sulfonamides is 1. The molecule has 0 aromatic heterocycles. The molecule has 5 heteroatoms. The molecule has 1 aliphatic carbocycles. The molecule has 0 amide bonds. The third kappa shape index (κ3) is 2.58. The number of aldehydes is 1. The second kappa shape index (κ2) is 4.22. The molecule has 2 fully saturated rings. The van der Waals surface area contributed by atoms with Gasteiger partial charge in [-0.1, -0.05) is 6.42 Å². The van der Waals surface area contributed by atoms with Crippen molar-refractivity contribution in [2.75, 3.05) is 12.3 Å². The van der Waals surface area contributed by atoms with Gasteiger partial charge in [0.2, 0.25) is 10.0 Å². The van der Waals surface area contributed by atoms with Crippen LogP contribution in [0.15, 0.2) is 0 Å². The molecule has 2 rings (SSSR count). The molecule has 15 heavy (non-hydrogen) atoms. The number of carbonyl (C=O) groups is 1. The molecule has 0 radical (unpaired) electrons. The van der Waals surface area contributed by atoms with Crippen molar-refractivity contribution in [2.45, 2.75) is 38.1 Å². The highest BCUT2D eigenvalue weighted by Gasteiger charge is 2.36. The van der Waals surface area contributed by atoms with E-state index >= 15 is 0 Å². The van der Waals surface area contributed by atoms with E-state index in [1.807, 2.05) is 0 Å². The first-order chi connectivity index (χ1) is 7.13. The molecule has 1 atom stereocenters. The van der Waals surface area contributed by atoms with E-state index in [-0.39, 0.29) is 5.75 Å². The molecule has 4 nitrogen and oxygen atoms in total. The van der Waals surface area contributed by atoms with Crippen molar-refractivity contribution in [2.24, 2.45) is 5.92 Å². The fraction of sp³-hybridized carbons (Fsp3) is 0.900. The van der Waals surface area contributed by atoms with Crippen LogP contribution in [-0.4, -0.2) is 37.3 Å². The van der Waals surface area contributed by atoms with Gasteiger partial charge in [0, 0.05) is 6.54 Å². The molecule has 0 aromatic rings. The van der Waals surface area contributed by atoms with Crippen molar-refractivity contribution in [1.82, 2.24) is 4.31 Å². The maximum atomic E-state index is 12.0. The minimum Gasteiger partial charge on any atom is -0.302 e. The highest BCUT2D eigenvalue weighted by molar-refractivity contribution is 7.89. The maximum Gasteiger partial charge on any atom is 0.215 e. The summed E-state index contributed by atoms with van der Waals surface area (Å²) in [4.78, 5) is 10.8. The topological polar surface area (TPSA) is 54.5 Å². The summed E-state index contributed by atoms with van der Waals surface area (Å²) in [7, 11) is -3.18. The van der Waals surface area contributed by atoms with Crippen LogP contribution in [-0.2, 0) is 14.8 Å². The lowest BCUT2D eigenvalue weighted by Gasteiger charge is -2.31. The smallest absolute Gasteiger partial charge is 0.215 e. The zero-order chi connectivity index (χ0) is 10.9. The highest BCUT2D eigenvalue weighted by atomic mass is 32.2. The molecule has 1 saturated carbocycles. The van der Waals surface area contributed by atoms with Crippen molar-refractivity contribution in [3.8, 4) is 0 Å². The molecule has 0 bridgehead atoms. The van der Waals surface area contributed by atoms with Gasteiger partial charge in [0.25, 0.3) is 0 Å². The lowest BCUT2D eigenvalue weighted by Crippen LogP contribution is -2.45.